The monoisotopic (exact) mass is 496 g/mol. The van der Waals surface area contributed by atoms with Crippen molar-refractivity contribution in [2.24, 2.45) is 0 Å². The lowest BCUT2D eigenvalue weighted by atomic mass is 10.00. The van der Waals surface area contributed by atoms with Gasteiger partial charge in [0.25, 0.3) is 0 Å². The van der Waals surface area contributed by atoms with E-state index in [2.05, 4.69) is 25.8 Å². The molecule has 1 aromatic heterocycles. The number of amides is 1. The lowest BCUT2D eigenvalue weighted by Gasteiger charge is -2.35. The molecule has 2 fully saturated rings. The van der Waals surface area contributed by atoms with Crippen molar-refractivity contribution in [3.63, 3.8) is 0 Å². The van der Waals surface area contributed by atoms with Gasteiger partial charge in [0.15, 0.2) is 0 Å². The van der Waals surface area contributed by atoms with E-state index in [1.165, 1.54) is 19.3 Å². The van der Waals surface area contributed by atoms with Gasteiger partial charge < -0.3 is 14.7 Å². The van der Waals surface area contributed by atoms with E-state index in [0.29, 0.717) is 50.5 Å². The fourth-order valence-electron chi connectivity index (χ4n) is 5.87. The Labute approximate surface area is 206 Å². The number of rotatable bonds is 4. The van der Waals surface area contributed by atoms with Gasteiger partial charge >= 0.3 is 0 Å². The summed E-state index contributed by atoms with van der Waals surface area (Å²) in [5.41, 5.74) is 2.92. The van der Waals surface area contributed by atoms with Crippen LogP contribution in [0.4, 0.5) is 17.3 Å². The fourth-order valence-corrected chi connectivity index (χ4v) is 7.39. The highest BCUT2D eigenvalue weighted by atomic mass is 32.2. The Balaban J connectivity index is 1.19. The average Bonchev–Trinajstić information content (AvgIpc) is 3.32. The number of carbonyl (C=O) groups is 1. The summed E-state index contributed by atoms with van der Waals surface area (Å²) in [6.07, 6.45) is 5.43. The lowest BCUT2D eigenvalue weighted by molar-refractivity contribution is -0.118. The van der Waals surface area contributed by atoms with E-state index in [1.54, 1.807) is 16.4 Å². The first-order chi connectivity index (χ1) is 16.9. The summed E-state index contributed by atoms with van der Waals surface area (Å²) >= 11 is 0. The fraction of sp³-hybridized carbons (Fsp3) is 0.560. The Hall–Kier alpha value is -2.72. The largest absolute Gasteiger partial charge is 0.356 e. The summed E-state index contributed by atoms with van der Waals surface area (Å²) < 4.78 is 28.7. The highest BCUT2D eigenvalue weighted by Gasteiger charge is 2.35. The molecule has 0 unspecified atom stereocenters. The van der Waals surface area contributed by atoms with Crippen LogP contribution < -0.4 is 14.7 Å². The number of aryl methyl sites for hydroxylation is 2. The second-order valence-corrected chi connectivity index (χ2v) is 11.9. The van der Waals surface area contributed by atoms with Crippen LogP contribution in [0.2, 0.25) is 0 Å². The molecule has 9 nitrogen and oxygen atoms in total. The van der Waals surface area contributed by atoms with Gasteiger partial charge in [0.1, 0.15) is 17.5 Å². The van der Waals surface area contributed by atoms with E-state index >= 15 is 0 Å². The number of carbonyl (C=O) groups excluding carboxylic acids is 1. The molecule has 0 radical (unpaired) electrons. The van der Waals surface area contributed by atoms with Crippen molar-refractivity contribution < 1.29 is 13.2 Å². The number of aromatic nitrogens is 2. The zero-order valence-electron chi connectivity index (χ0n) is 20.2. The highest BCUT2D eigenvalue weighted by molar-refractivity contribution is 7.89. The van der Waals surface area contributed by atoms with Gasteiger partial charge in [0.2, 0.25) is 15.9 Å². The summed E-state index contributed by atoms with van der Waals surface area (Å²) in [6.45, 7) is 6.65. The number of piperazine rings is 1. The molecule has 10 heteroatoms. The summed E-state index contributed by atoms with van der Waals surface area (Å²) in [6, 6.07) is 5.64. The minimum atomic E-state index is -3.60. The van der Waals surface area contributed by atoms with E-state index in [-0.39, 0.29) is 5.91 Å². The molecule has 4 aliphatic rings. The van der Waals surface area contributed by atoms with E-state index in [9.17, 15) is 13.2 Å². The first-order valence-corrected chi connectivity index (χ1v) is 14.2. The smallest absolute Gasteiger partial charge is 0.243 e. The molecular weight excluding hydrogens is 464 g/mol. The number of benzene rings is 1. The zero-order chi connectivity index (χ0) is 24.2. The molecule has 1 aromatic carbocycles. The van der Waals surface area contributed by atoms with Crippen LogP contribution in [0.15, 0.2) is 23.1 Å². The molecule has 1 amide bonds. The van der Waals surface area contributed by atoms with Gasteiger partial charge in [0.05, 0.1) is 10.6 Å². The number of anilines is 3. The molecule has 4 aliphatic heterocycles. The second kappa shape index (κ2) is 8.74. The normalized spacial score (nSPS) is 20.9. The SMILES string of the molecule is Cc1nc(N2CCCCC2)cc(N2CCN(S(=O)(=O)c3cc4c5c(c3)CCN5C(=O)CC4)CC2)n1. The summed E-state index contributed by atoms with van der Waals surface area (Å²) in [4.78, 5) is 28.2. The van der Waals surface area contributed by atoms with Gasteiger partial charge in [-0.1, -0.05) is 0 Å². The molecular formula is C25H32N6O3S. The first kappa shape index (κ1) is 22.7. The van der Waals surface area contributed by atoms with Crippen molar-refractivity contribution in [2.75, 3.05) is 60.5 Å². The molecule has 2 aromatic rings. The van der Waals surface area contributed by atoms with Gasteiger partial charge in [-0.2, -0.15) is 4.31 Å². The Morgan fingerprint density at radius 3 is 2.06 bits per heavy atom. The number of hydrogen-bond acceptors (Lipinski definition) is 7. The van der Waals surface area contributed by atoms with Crippen molar-refractivity contribution in [3.05, 3.63) is 35.2 Å². The van der Waals surface area contributed by atoms with E-state index < -0.39 is 10.0 Å². The van der Waals surface area contributed by atoms with Gasteiger partial charge in [-0.15, -0.1) is 0 Å². The molecule has 0 aliphatic carbocycles. The van der Waals surface area contributed by atoms with Crippen LogP contribution in [-0.2, 0) is 27.7 Å². The molecule has 5 heterocycles. The maximum Gasteiger partial charge on any atom is 0.243 e. The van der Waals surface area contributed by atoms with E-state index in [4.69, 9.17) is 0 Å². The molecule has 35 heavy (non-hydrogen) atoms. The Bertz CT molecular complexity index is 1270. The van der Waals surface area contributed by atoms with Crippen molar-refractivity contribution in [1.82, 2.24) is 14.3 Å². The minimum absolute atomic E-state index is 0.145. The molecule has 0 atom stereocenters. The van der Waals surface area contributed by atoms with Crippen LogP contribution in [0.5, 0.6) is 0 Å². The van der Waals surface area contributed by atoms with Gasteiger partial charge in [-0.25, -0.2) is 18.4 Å². The lowest BCUT2D eigenvalue weighted by Crippen LogP contribution is -2.49. The average molecular weight is 497 g/mol. The van der Waals surface area contributed by atoms with Crippen LogP contribution in [0.1, 0.15) is 42.6 Å². The molecule has 0 saturated carbocycles. The molecule has 0 bridgehead atoms. The van der Waals surface area contributed by atoms with Crippen LogP contribution in [0.25, 0.3) is 0 Å². The number of nitrogens with zero attached hydrogens (tertiary/aromatic N) is 6. The van der Waals surface area contributed by atoms with Crippen LogP contribution >= 0.6 is 0 Å². The molecule has 6 rings (SSSR count). The van der Waals surface area contributed by atoms with Crippen molar-refractivity contribution in [3.8, 4) is 0 Å². The summed E-state index contributed by atoms with van der Waals surface area (Å²) in [5.74, 6) is 2.74. The topological polar surface area (TPSA) is 90.0 Å². The quantitative estimate of drug-likeness (QED) is 0.641. The Kier molecular flexibility index (Phi) is 5.68. The summed E-state index contributed by atoms with van der Waals surface area (Å²) in [7, 11) is -3.60. The predicted molar refractivity (Wildman–Crippen MR) is 135 cm³/mol. The third-order valence-corrected chi connectivity index (χ3v) is 9.59. The standard InChI is InChI=1S/C25H32N6O3S/c1-18-26-22(28-8-3-2-4-9-28)17-23(27-18)29-11-13-30(14-12-29)35(33,34)21-15-19-5-6-24(32)31-10-7-20(16-21)25(19)31/h15-17H,2-14H2,1H3. The zero-order valence-corrected chi connectivity index (χ0v) is 21.1. The van der Waals surface area contributed by atoms with Crippen LogP contribution in [0, 0.1) is 6.92 Å². The van der Waals surface area contributed by atoms with Crippen molar-refractivity contribution >= 4 is 33.3 Å². The molecule has 2 saturated heterocycles. The number of piperidine rings is 1. The summed E-state index contributed by atoms with van der Waals surface area (Å²) in [5, 5.41) is 0. The molecule has 0 spiro atoms. The third kappa shape index (κ3) is 4.06. The van der Waals surface area contributed by atoms with Gasteiger partial charge in [0, 0.05) is 58.3 Å². The molecule has 186 valence electrons. The Morgan fingerprint density at radius 2 is 1.37 bits per heavy atom. The van der Waals surface area contributed by atoms with Crippen molar-refractivity contribution in [2.45, 2.75) is 50.3 Å². The minimum Gasteiger partial charge on any atom is -0.356 e. The van der Waals surface area contributed by atoms with Gasteiger partial charge in [-0.3, -0.25) is 4.79 Å². The number of hydrogen-bond donors (Lipinski definition) is 0. The van der Waals surface area contributed by atoms with Gasteiger partial charge in [-0.05, 0) is 62.3 Å². The number of sulfonamides is 1. The highest BCUT2D eigenvalue weighted by Crippen LogP contribution is 2.39. The first-order valence-electron chi connectivity index (χ1n) is 12.7. The molecule has 0 N–H and O–H groups in total. The van der Waals surface area contributed by atoms with Crippen molar-refractivity contribution in [1.29, 1.82) is 0 Å². The van der Waals surface area contributed by atoms with Crippen LogP contribution in [-0.4, -0.2) is 74.4 Å². The third-order valence-electron chi connectivity index (χ3n) is 7.72. The maximum absolute atomic E-state index is 13.6. The van der Waals surface area contributed by atoms with E-state index in [1.807, 2.05) is 11.8 Å². The van der Waals surface area contributed by atoms with Crippen LogP contribution in [0.3, 0.4) is 0 Å². The predicted octanol–water partition coefficient (Wildman–Crippen LogP) is 2.12. The Morgan fingerprint density at radius 1 is 0.743 bits per heavy atom. The second-order valence-electron chi connectivity index (χ2n) is 9.96. The van der Waals surface area contributed by atoms with E-state index in [0.717, 1.165) is 53.8 Å². The maximum atomic E-state index is 13.6.